The molecule has 24 heavy (non-hydrogen) atoms. The first-order valence-electron chi connectivity index (χ1n) is 8.33. The second kappa shape index (κ2) is 6.98. The first-order chi connectivity index (χ1) is 11.6. The highest BCUT2D eigenvalue weighted by Crippen LogP contribution is 2.32. The Balaban J connectivity index is 1.80. The SMILES string of the molecule is O=C(O[C@@H]1CCCCC1=O)c1ccc(N2CCCC2)c([N+](=O)[O-])c1. The molecule has 1 aromatic carbocycles. The van der Waals surface area contributed by atoms with Crippen LogP contribution < -0.4 is 4.90 Å². The van der Waals surface area contributed by atoms with Crippen molar-refractivity contribution in [2.45, 2.75) is 44.6 Å². The van der Waals surface area contributed by atoms with E-state index in [-0.39, 0.29) is 17.0 Å². The molecule has 1 aromatic rings. The number of nitro groups is 1. The van der Waals surface area contributed by atoms with Crippen LogP contribution in [0.4, 0.5) is 11.4 Å². The molecule has 2 aliphatic rings. The minimum Gasteiger partial charge on any atom is -0.451 e. The van der Waals surface area contributed by atoms with Gasteiger partial charge in [0.15, 0.2) is 11.9 Å². The molecular formula is C17H20N2O5. The first kappa shape index (κ1) is 16.4. The Kier molecular flexibility index (Phi) is 4.78. The molecule has 128 valence electrons. The highest BCUT2D eigenvalue weighted by Gasteiger charge is 2.28. The molecule has 0 N–H and O–H groups in total. The minimum absolute atomic E-state index is 0.0715. The van der Waals surface area contributed by atoms with Crippen LogP contribution >= 0.6 is 0 Å². The van der Waals surface area contributed by atoms with Crippen LogP contribution in [0, 0.1) is 10.1 Å². The van der Waals surface area contributed by atoms with Crippen LogP contribution in [0.25, 0.3) is 0 Å². The number of ketones is 1. The standard InChI is InChI=1S/C17H20N2O5/c20-15-5-1-2-6-16(15)24-17(21)12-7-8-13(14(11-12)19(22)23)18-9-3-4-10-18/h7-8,11,16H,1-6,9-10H2/t16-/m1/s1. The van der Waals surface area contributed by atoms with E-state index in [9.17, 15) is 19.7 Å². The van der Waals surface area contributed by atoms with E-state index < -0.39 is 17.0 Å². The van der Waals surface area contributed by atoms with Gasteiger partial charge in [0, 0.05) is 25.6 Å². The first-order valence-corrected chi connectivity index (χ1v) is 8.33. The van der Waals surface area contributed by atoms with Gasteiger partial charge in [0.1, 0.15) is 5.69 Å². The van der Waals surface area contributed by atoms with Crippen LogP contribution in [0.5, 0.6) is 0 Å². The van der Waals surface area contributed by atoms with Crippen molar-refractivity contribution in [3.63, 3.8) is 0 Å². The largest absolute Gasteiger partial charge is 0.451 e. The molecule has 1 saturated heterocycles. The number of nitro benzene ring substituents is 1. The molecular weight excluding hydrogens is 312 g/mol. The van der Waals surface area contributed by atoms with E-state index in [4.69, 9.17) is 4.74 Å². The Bertz CT molecular complexity index is 667. The van der Waals surface area contributed by atoms with Crippen LogP contribution in [0.15, 0.2) is 18.2 Å². The topological polar surface area (TPSA) is 89.8 Å². The predicted molar refractivity (Wildman–Crippen MR) is 87.2 cm³/mol. The molecule has 1 atom stereocenters. The second-order valence-electron chi connectivity index (χ2n) is 6.26. The summed E-state index contributed by atoms with van der Waals surface area (Å²) < 4.78 is 5.27. The van der Waals surface area contributed by atoms with Gasteiger partial charge in [-0.25, -0.2) is 4.79 Å². The number of esters is 1. The molecule has 2 fully saturated rings. The lowest BCUT2D eigenvalue weighted by atomic mass is 9.96. The quantitative estimate of drug-likeness (QED) is 0.478. The molecule has 1 aliphatic heterocycles. The molecule has 0 amide bonds. The van der Waals surface area contributed by atoms with Gasteiger partial charge in [-0.3, -0.25) is 14.9 Å². The number of nitrogens with zero attached hydrogens (tertiary/aromatic N) is 2. The lowest BCUT2D eigenvalue weighted by molar-refractivity contribution is -0.384. The highest BCUT2D eigenvalue weighted by atomic mass is 16.6. The summed E-state index contributed by atoms with van der Waals surface area (Å²) in [5.41, 5.74) is 0.548. The number of hydrogen-bond acceptors (Lipinski definition) is 6. The number of anilines is 1. The Morgan fingerprint density at radius 2 is 1.96 bits per heavy atom. The molecule has 0 aromatic heterocycles. The zero-order valence-electron chi connectivity index (χ0n) is 13.4. The predicted octanol–water partition coefficient (Wildman–Crippen LogP) is 2.86. The molecule has 0 unspecified atom stereocenters. The fourth-order valence-electron chi connectivity index (χ4n) is 3.29. The number of carbonyl (C=O) groups excluding carboxylic acids is 2. The van der Waals surface area contributed by atoms with Gasteiger partial charge < -0.3 is 9.64 Å². The minimum atomic E-state index is -0.719. The molecule has 3 rings (SSSR count). The van der Waals surface area contributed by atoms with Crippen LogP contribution in [-0.4, -0.2) is 35.9 Å². The maximum atomic E-state index is 12.3. The summed E-state index contributed by atoms with van der Waals surface area (Å²) in [4.78, 5) is 36.9. The molecule has 7 heteroatoms. The third kappa shape index (κ3) is 3.39. The van der Waals surface area contributed by atoms with Gasteiger partial charge >= 0.3 is 5.97 Å². The summed E-state index contributed by atoms with van der Waals surface area (Å²) in [6, 6.07) is 4.39. The maximum Gasteiger partial charge on any atom is 0.339 e. The van der Waals surface area contributed by atoms with E-state index in [2.05, 4.69) is 0 Å². The molecule has 1 aliphatic carbocycles. The lowest BCUT2D eigenvalue weighted by Gasteiger charge is -2.21. The van der Waals surface area contributed by atoms with Gasteiger partial charge in [-0.1, -0.05) is 0 Å². The normalized spacial score (nSPS) is 20.9. The van der Waals surface area contributed by atoms with Crippen molar-refractivity contribution in [3.8, 4) is 0 Å². The smallest absolute Gasteiger partial charge is 0.339 e. The summed E-state index contributed by atoms with van der Waals surface area (Å²) in [6.07, 6.45) is 3.91. The van der Waals surface area contributed by atoms with Crippen LogP contribution in [-0.2, 0) is 9.53 Å². The van der Waals surface area contributed by atoms with E-state index >= 15 is 0 Å². The average molecular weight is 332 g/mol. The number of Topliss-reactive ketones (excluding diaryl/α,β-unsaturated/α-hetero) is 1. The molecule has 7 nitrogen and oxygen atoms in total. The number of ether oxygens (including phenoxy) is 1. The number of rotatable bonds is 4. The summed E-state index contributed by atoms with van der Waals surface area (Å²) in [5, 5.41) is 11.4. The van der Waals surface area contributed by atoms with Gasteiger partial charge in [0.05, 0.1) is 10.5 Å². The molecule has 0 spiro atoms. The van der Waals surface area contributed by atoms with Gasteiger partial charge in [-0.05, 0) is 44.2 Å². The van der Waals surface area contributed by atoms with E-state index in [1.165, 1.54) is 12.1 Å². The van der Waals surface area contributed by atoms with Gasteiger partial charge in [-0.15, -0.1) is 0 Å². The Morgan fingerprint density at radius 3 is 2.62 bits per heavy atom. The Labute approximate surface area is 139 Å². The molecule has 1 heterocycles. The zero-order valence-corrected chi connectivity index (χ0v) is 13.4. The highest BCUT2D eigenvalue weighted by molar-refractivity contribution is 5.94. The van der Waals surface area contributed by atoms with Crippen LogP contribution in [0.2, 0.25) is 0 Å². The van der Waals surface area contributed by atoms with Crippen molar-refractivity contribution >= 4 is 23.1 Å². The van der Waals surface area contributed by atoms with Gasteiger partial charge in [-0.2, -0.15) is 0 Å². The van der Waals surface area contributed by atoms with Crippen LogP contribution in [0.3, 0.4) is 0 Å². The summed E-state index contributed by atoms with van der Waals surface area (Å²) >= 11 is 0. The third-order valence-electron chi connectivity index (χ3n) is 4.60. The lowest BCUT2D eigenvalue weighted by Crippen LogP contribution is -2.30. The van der Waals surface area contributed by atoms with Gasteiger partial charge in [0.25, 0.3) is 5.69 Å². The summed E-state index contributed by atoms with van der Waals surface area (Å²) in [6.45, 7) is 1.56. The van der Waals surface area contributed by atoms with Crippen molar-refractivity contribution in [1.29, 1.82) is 0 Å². The number of carbonyl (C=O) groups is 2. The Hall–Kier alpha value is -2.44. The molecule has 0 bridgehead atoms. The van der Waals surface area contributed by atoms with Crippen LogP contribution in [0.1, 0.15) is 48.9 Å². The average Bonchev–Trinajstić information content (AvgIpc) is 3.10. The summed E-state index contributed by atoms with van der Waals surface area (Å²) in [5.74, 6) is -0.746. The van der Waals surface area contributed by atoms with Crippen molar-refractivity contribution < 1.29 is 19.2 Å². The number of hydrogen-bond donors (Lipinski definition) is 0. The van der Waals surface area contributed by atoms with E-state index in [1.54, 1.807) is 6.07 Å². The van der Waals surface area contributed by atoms with Crippen molar-refractivity contribution in [2.24, 2.45) is 0 Å². The fourth-order valence-corrected chi connectivity index (χ4v) is 3.29. The third-order valence-corrected chi connectivity index (χ3v) is 4.60. The molecule has 1 saturated carbocycles. The summed E-state index contributed by atoms with van der Waals surface area (Å²) in [7, 11) is 0. The van der Waals surface area contributed by atoms with Crippen molar-refractivity contribution in [1.82, 2.24) is 0 Å². The van der Waals surface area contributed by atoms with Crippen molar-refractivity contribution in [2.75, 3.05) is 18.0 Å². The van der Waals surface area contributed by atoms with E-state index in [0.717, 1.165) is 38.8 Å². The van der Waals surface area contributed by atoms with Gasteiger partial charge in [0.2, 0.25) is 0 Å². The van der Waals surface area contributed by atoms with Crippen molar-refractivity contribution in [3.05, 3.63) is 33.9 Å². The van der Waals surface area contributed by atoms with E-state index in [1.807, 2.05) is 4.90 Å². The number of benzene rings is 1. The zero-order chi connectivity index (χ0) is 17.1. The Morgan fingerprint density at radius 1 is 1.21 bits per heavy atom. The monoisotopic (exact) mass is 332 g/mol. The molecule has 0 radical (unpaired) electrons. The maximum absolute atomic E-state index is 12.3. The second-order valence-corrected chi connectivity index (χ2v) is 6.26. The fraction of sp³-hybridized carbons (Fsp3) is 0.529. The van der Waals surface area contributed by atoms with E-state index in [0.29, 0.717) is 18.5 Å².